The molecule has 30 heavy (non-hydrogen) atoms. The van der Waals surface area contributed by atoms with Gasteiger partial charge in [0.2, 0.25) is 0 Å². The van der Waals surface area contributed by atoms with E-state index < -0.39 is 40.4 Å². The number of ether oxygens (including phenoxy) is 1. The second-order valence-electron chi connectivity index (χ2n) is 6.61. The van der Waals surface area contributed by atoms with Crippen LogP contribution in [0.25, 0.3) is 16.8 Å². The maximum absolute atomic E-state index is 14.2. The van der Waals surface area contributed by atoms with Crippen LogP contribution in [0, 0.1) is 13.8 Å². The second kappa shape index (κ2) is 7.22. The van der Waals surface area contributed by atoms with Crippen LogP contribution < -0.4 is 5.56 Å². The van der Waals surface area contributed by atoms with Gasteiger partial charge in [-0.1, -0.05) is 12.1 Å². The fourth-order valence-corrected chi connectivity index (χ4v) is 2.92. The zero-order valence-electron chi connectivity index (χ0n) is 16.0. The Hall–Kier alpha value is -3.24. The van der Waals surface area contributed by atoms with E-state index in [4.69, 9.17) is 0 Å². The molecule has 11 heteroatoms. The number of hydrogen-bond acceptors (Lipinski definition) is 4. The van der Waals surface area contributed by atoms with Gasteiger partial charge in [0.15, 0.2) is 5.69 Å². The molecule has 0 atom stereocenters. The zero-order valence-corrected chi connectivity index (χ0v) is 16.0. The summed E-state index contributed by atoms with van der Waals surface area (Å²) in [6, 6.07) is 5.09. The van der Waals surface area contributed by atoms with E-state index >= 15 is 0 Å². The number of carbonyl (C=O) groups is 1. The molecule has 2 aromatic heterocycles. The number of nitrogens with zero attached hydrogens (tertiary/aromatic N) is 2. The number of nitrogens with one attached hydrogen (secondary N) is 1. The molecule has 1 N–H and O–H groups in total. The Morgan fingerprint density at radius 1 is 1.17 bits per heavy atom. The maximum Gasteiger partial charge on any atom is 0.458 e. The minimum Gasteiger partial charge on any atom is -0.461 e. The first-order chi connectivity index (χ1) is 13.9. The number of benzene rings is 1. The first-order valence-corrected chi connectivity index (χ1v) is 8.74. The summed E-state index contributed by atoms with van der Waals surface area (Å²) in [7, 11) is 0. The first kappa shape index (κ1) is 21.5. The van der Waals surface area contributed by atoms with Crippen molar-refractivity contribution in [1.82, 2.24) is 14.6 Å². The summed E-state index contributed by atoms with van der Waals surface area (Å²) in [5, 5.41) is 3.54. The predicted octanol–water partition coefficient (Wildman–Crippen LogP) is 4.14. The number of aromatic amines is 1. The minimum absolute atomic E-state index is 0.121. The summed E-state index contributed by atoms with van der Waals surface area (Å²) in [5.74, 6) is -7.00. The Kier molecular flexibility index (Phi) is 5.17. The normalized spacial score (nSPS) is 12.4. The quantitative estimate of drug-likeness (QED) is 0.500. The summed E-state index contributed by atoms with van der Waals surface area (Å²) in [5.41, 5.74) is -3.04. The molecule has 3 aromatic rings. The average Bonchev–Trinajstić information content (AvgIpc) is 3.04. The molecule has 0 fully saturated rings. The van der Waals surface area contributed by atoms with E-state index in [1.54, 1.807) is 18.2 Å². The summed E-state index contributed by atoms with van der Waals surface area (Å²) >= 11 is 0. The van der Waals surface area contributed by atoms with Gasteiger partial charge in [-0.2, -0.15) is 27.1 Å². The van der Waals surface area contributed by atoms with Gasteiger partial charge in [-0.25, -0.2) is 9.31 Å². The van der Waals surface area contributed by atoms with Crippen molar-refractivity contribution in [2.24, 2.45) is 0 Å². The van der Waals surface area contributed by atoms with Gasteiger partial charge < -0.3 is 9.72 Å². The third-order valence-corrected chi connectivity index (χ3v) is 4.58. The highest BCUT2D eigenvalue weighted by Gasteiger charge is 2.62. The monoisotopic (exact) mass is 429 g/mol. The maximum atomic E-state index is 14.2. The van der Waals surface area contributed by atoms with Gasteiger partial charge in [0.25, 0.3) is 5.56 Å². The summed E-state index contributed by atoms with van der Waals surface area (Å²) in [6.45, 7) is 4.73. The van der Waals surface area contributed by atoms with Crippen molar-refractivity contribution in [3.05, 3.63) is 57.1 Å². The van der Waals surface area contributed by atoms with Gasteiger partial charge in [0.1, 0.15) is 5.52 Å². The molecule has 6 nitrogen and oxygen atoms in total. The Morgan fingerprint density at radius 2 is 1.83 bits per heavy atom. The van der Waals surface area contributed by atoms with Gasteiger partial charge in [0.05, 0.1) is 24.1 Å². The van der Waals surface area contributed by atoms with E-state index in [-0.39, 0.29) is 12.3 Å². The van der Waals surface area contributed by atoms with Crippen LogP contribution in [-0.4, -0.2) is 33.4 Å². The van der Waals surface area contributed by atoms with Crippen molar-refractivity contribution in [3.8, 4) is 11.3 Å². The van der Waals surface area contributed by atoms with E-state index in [0.29, 0.717) is 10.1 Å². The van der Waals surface area contributed by atoms with Crippen LogP contribution in [0.4, 0.5) is 22.0 Å². The molecule has 0 saturated carbocycles. The predicted molar refractivity (Wildman–Crippen MR) is 96.6 cm³/mol. The highest BCUT2D eigenvalue weighted by atomic mass is 19.4. The number of hydrogen-bond donors (Lipinski definition) is 1. The van der Waals surface area contributed by atoms with Crippen LogP contribution in [-0.2, 0) is 10.7 Å². The number of H-pyrrole nitrogens is 1. The van der Waals surface area contributed by atoms with Gasteiger partial charge in [-0.3, -0.25) is 4.79 Å². The van der Waals surface area contributed by atoms with Crippen LogP contribution in [0.3, 0.4) is 0 Å². The molecular weight excluding hydrogens is 413 g/mol. The number of fused-ring (bicyclic) bond motifs is 1. The Labute approximate surface area is 166 Å². The van der Waals surface area contributed by atoms with Crippen LogP contribution in [0.1, 0.15) is 34.1 Å². The molecule has 0 aliphatic carbocycles. The number of aromatic nitrogens is 3. The molecule has 0 bridgehead atoms. The van der Waals surface area contributed by atoms with E-state index in [0.717, 1.165) is 17.3 Å². The smallest absolute Gasteiger partial charge is 0.458 e. The number of aryl methyl sites for hydroxylation is 2. The lowest BCUT2D eigenvalue weighted by Gasteiger charge is -2.19. The number of alkyl halides is 5. The second-order valence-corrected chi connectivity index (χ2v) is 6.61. The van der Waals surface area contributed by atoms with Crippen LogP contribution in [0.2, 0.25) is 0 Å². The van der Waals surface area contributed by atoms with Crippen molar-refractivity contribution in [1.29, 1.82) is 0 Å². The molecule has 0 aliphatic heterocycles. The number of rotatable bonds is 4. The summed E-state index contributed by atoms with van der Waals surface area (Å²) < 4.78 is 72.8. The number of halogens is 5. The average molecular weight is 429 g/mol. The van der Waals surface area contributed by atoms with E-state index in [1.807, 2.05) is 13.8 Å². The lowest BCUT2D eigenvalue weighted by molar-refractivity contribution is -0.288. The van der Waals surface area contributed by atoms with E-state index in [1.165, 1.54) is 6.92 Å². The molecule has 0 amide bonds. The number of carbonyl (C=O) groups excluding carboxylic acids is 1. The Bertz CT molecular complexity index is 1190. The minimum atomic E-state index is -6.06. The lowest BCUT2D eigenvalue weighted by atomic mass is 10.0. The van der Waals surface area contributed by atoms with E-state index in [9.17, 15) is 31.5 Å². The molecule has 1 aromatic carbocycles. The highest BCUT2D eigenvalue weighted by Crippen LogP contribution is 2.46. The molecular formula is C19H16F5N3O3. The third-order valence-electron chi connectivity index (χ3n) is 4.58. The number of esters is 1. The standard InChI is InChI=1S/C19H16F5N3O3/c1-4-30-17(29)14-13(18(20,21)19(22,23)24)15-16(28)25-12(8-27(15)26-14)11-6-5-9(2)10(3)7-11/h5-8H,4H2,1-3H3,(H,25,28). The molecule has 160 valence electrons. The lowest BCUT2D eigenvalue weighted by Crippen LogP contribution is -2.36. The molecule has 0 radical (unpaired) electrons. The molecule has 0 spiro atoms. The van der Waals surface area contributed by atoms with Crippen molar-refractivity contribution < 1.29 is 31.5 Å². The molecule has 3 rings (SSSR count). The fraction of sp³-hybridized carbons (Fsp3) is 0.316. The zero-order chi connectivity index (χ0) is 22.4. The third kappa shape index (κ3) is 3.44. The van der Waals surface area contributed by atoms with Gasteiger partial charge >= 0.3 is 18.1 Å². The van der Waals surface area contributed by atoms with Crippen LogP contribution in [0.15, 0.2) is 29.2 Å². The SMILES string of the molecule is CCOC(=O)c1nn2cc(-c3ccc(C)c(C)c3)[nH]c(=O)c2c1C(F)(F)C(F)(F)F. The van der Waals surface area contributed by atoms with Crippen LogP contribution >= 0.6 is 0 Å². The van der Waals surface area contributed by atoms with Crippen LogP contribution in [0.5, 0.6) is 0 Å². The largest absolute Gasteiger partial charge is 0.461 e. The van der Waals surface area contributed by atoms with Crippen molar-refractivity contribution in [2.45, 2.75) is 32.9 Å². The fourth-order valence-electron chi connectivity index (χ4n) is 2.92. The molecule has 0 aliphatic rings. The summed E-state index contributed by atoms with van der Waals surface area (Å²) in [4.78, 5) is 26.9. The first-order valence-electron chi connectivity index (χ1n) is 8.74. The van der Waals surface area contributed by atoms with Crippen molar-refractivity contribution >= 4 is 11.5 Å². The van der Waals surface area contributed by atoms with Gasteiger partial charge in [-0.15, -0.1) is 0 Å². The molecule has 0 unspecified atom stereocenters. The topological polar surface area (TPSA) is 76.5 Å². The van der Waals surface area contributed by atoms with E-state index in [2.05, 4.69) is 14.8 Å². The van der Waals surface area contributed by atoms with Gasteiger partial charge in [-0.05, 0) is 43.5 Å². The van der Waals surface area contributed by atoms with Crippen molar-refractivity contribution in [3.63, 3.8) is 0 Å². The highest BCUT2D eigenvalue weighted by molar-refractivity contribution is 5.92. The van der Waals surface area contributed by atoms with Crippen molar-refractivity contribution in [2.75, 3.05) is 6.61 Å². The summed E-state index contributed by atoms with van der Waals surface area (Å²) in [6.07, 6.45) is -4.99. The molecule has 2 heterocycles. The molecule has 0 saturated heterocycles. The van der Waals surface area contributed by atoms with Gasteiger partial charge in [0, 0.05) is 0 Å². The Balaban J connectivity index is 2.34. The Morgan fingerprint density at radius 3 is 2.40 bits per heavy atom.